The predicted molar refractivity (Wildman–Crippen MR) is 82.8 cm³/mol. The van der Waals surface area contributed by atoms with Gasteiger partial charge in [-0.25, -0.2) is 0 Å². The highest BCUT2D eigenvalue weighted by Gasteiger charge is 2.23. The van der Waals surface area contributed by atoms with Gasteiger partial charge < -0.3 is 4.74 Å². The van der Waals surface area contributed by atoms with Gasteiger partial charge in [0.2, 0.25) is 0 Å². The SMILES string of the molecule is CCOC(=O)CC(c1cc(C)ccc1C)N(CC)CC. The summed E-state index contributed by atoms with van der Waals surface area (Å²) in [6, 6.07) is 6.54. The van der Waals surface area contributed by atoms with Crippen LogP contribution in [0.1, 0.15) is 49.9 Å². The lowest BCUT2D eigenvalue weighted by atomic mass is 9.95. The molecule has 0 saturated heterocycles. The Morgan fingerprint density at radius 1 is 1.20 bits per heavy atom. The molecular formula is C17H27NO2. The minimum absolute atomic E-state index is 0.101. The Balaban J connectivity index is 3.08. The second-order valence-corrected chi connectivity index (χ2v) is 5.11. The van der Waals surface area contributed by atoms with Crippen molar-refractivity contribution in [3.05, 3.63) is 34.9 Å². The highest BCUT2D eigenvalue weighted by molar-refractivity contribution is 5.70. The van der Waals surface area contributed by atoms with Gasteiger partial charge in [-0.2, -0.15) is 0 Å². The molecule has 1 rings (SSSR count). The molecule has 1 atom stereocenters. The van der Waals surface area contributed by atoms with Crippen LogP contribution in [0.25, 0.3) is 0 Å². The summed E-state index contributed by atoms with van der Waals surface area (Å²) < 4.78 is 5.14. The molecule has 3 nitrogen and oxygen atoms in total. The molecule has 112 valence electrons. The van der Waals surface area contributed by atoms with Crippen LogP contribution in [0.15, 0.2) is 18.2 Å². The van der Waals surface area contributed by atoms with Crippen molar-refractivity contribution in [1.82, 2.24) is 4.90 Å². The summed E-state index contributed by atoms with van der Waals surface area (Å²) in [6.45, 7) is 12.6. The van der Waals surface area contributed by atoms with Gasteiger partial charge in [-0.05, 0) is 45.0 Å². The Morgan fingerprint density at radius 2 is 1.85 bits per heavy atom. The molecule has 0 aliphatic rings. The van der Waals surface area contributed by atoms with E-state index >= 15 is 0 Å². The van der Waals surface area contributed by atoms with Crippen molar-refractivity contribution in [1.29, 1.82) is 0 Å². The zero-order valence-corrected chi connectivity index (χ0v) is 13.4. The molecule has 0 aliphatic carbocycles. The third kappa shape index (κ3) is 4.34. The van der Waals surface area contributed by atoms with Crippen molar-refractivity contribution in [2.24, 2.45) is 0 Å². The number of nitrogens with zero attached hydrogens (tertiary/aromatic N) is 1. The first kappa shape index (κ1) is 16.7. The Bertz CT molecular complexity index is 439. The quantitative estimate of drug-likeness (QED) is 0.713. The number of carbonyl (C=O) groups excluding carboxylic acids is 1. The maximum Gasteiger partial charge on any atom is 0.307 e. The van der Waals surface area contributed by atoms with E-state index in [-0.39, 0.29) is 12.0 Å². The molecular weight excluding hydrogens is 250 g/mol. The Hall–Kier alpha value is -1.35. The lowest BCUT2D eigenvalue weighted by molar-refractivity contribution is -0.144. The summed E-state index contributed by atoms with van der Waals surface area (Å²) in [6.07, 6.45) is 0.416. The molecule has 20 heavy (non-hydrogen) atoms. The second kappa shape index (κ2) is 8.05. The summed E-state index contributed by atoms with van der Waals surface area (Å²) in [5.74, 6) is -0.120. The first-order valence-corrected chi connectivity index (χ1v) is 7.50. The number of hydrogen-bond donors (Lipinski definition) is 0. The Morgan fingerprint density at radius 3 is 2.40 bits per heavy atom. The number of aryl methyl sites for hydroxylation is 2. The minimum atomic E-state index is -0.120. The number of rotatable bonds is 7. The summed E-state index contributed by atoms with van der Waals surface area (Å²) in [4.78, 5) is 14.2. The number of hydrogen-bond acceptors (Lipinski definition) is 3. The molecule has 0 bridgehead atoms. The number of benzene rings is 1. The topological polar surface area (TPSA) is 29.5 Å². The van der Waals surface area contributed by atoms with Crippen molar-refractivity contribution in [3.8, 4) is 0 Å². The summed E-state index contributed by atoms with van der Waals surface area (Å²) in [5, 5.41) is 0. The Labute approximate surface area is 122 Å². The molecule has 0 saturated carbocycles. The summed E-state index contributed by atoms with van der Waals surface area (Å²) in [5.41, 5.74) is 3.70. The van der Waals surface area contributed by atoms with Crippen LogP contribution in [-0.2, 0) is 9.53 Å². The maximum absolute atomic E-state index is 11.9. The van der Waals surface area contributed by atoms with E-state index in [9.17, 15) is 4.79 Å². The molecule has 0 aliphatic heterocycles. The van der Waals surface area contributed by atoms with Gasteiger partial charge in [-0.15, -0.1) is 0 Å². The molecule has 0 amide bonds. The van der Waals surface area contributed by atoms with E-state index in [4.69, 9.17) is 4.74 Å². The molecule has 1 aromatic rings. The van der Waals surface area contributed by atoms with Crippen LogP contribution in [0, 0.1) is 13.8 Å². The first-order chi connectivity index (χ1) is 9.53. The van der Waals surface area contributed by atoms with E-state index < -0.39 is 0 Å². The van der Waals surface area contributed by atoms with Gasteiger partial charge >= 0.3 is 5.97 Å². The molecule has 0 heterocycles. The van der Waals surface area contributed by atoms with Crippen LogP contribution in [-0.4, -0.2) is 30.6 Å². The molecule has 0 N–H and O–H groups in total. The molecule has 3 heteroatoms. The minimum Gasteiger partial charge on any atom is -0.466 e. The fourth-order valence-corrected chi connectivity index (χ4v) is 2.60. The molecule has 1 aromatic carbocycles. The number of carbonyl (C=O) groups is 1. The lowest BCUT2D eigenvalue weighted by Gasteiger charge is -2.30. The maximum atomic E-state index is 11.9. The van der Waals surface area contributed by atoms with Crippen LogP contribution in [0.2, 0.25) is 0 Å². The van der Waals surface area contributed by atoms with Crippen LogP contribution in [0.5, 0.6) is 0 Å². The standard InChI is InChI=1S/C17H27NO2/c1-6-18(7-2)16(12-17(19)20-8-3)15-11-13(4)9-10-14(15)5/h9-11,16H,6-8,12H2,1-5H3. The summed E-state index contributed by atoms with van der Waals surface area (Å²) >= 11 is 0. The van der Waals surface area contributed by atoms with Gasteiger partial charge in [0.1, 0.15) is 0 Å². The van der Waals surface area contributed by atoms with E-state index in [1.54, 1.807) is 0 Å². The first-order valence-electron chi connectivity index (χ1n) is 7.50. The van der Waals surface area contributed by atoms with Crippen molar-refractivity contribution >= 4 is 5.97 Å². The zero-order chi connectivity index (χ0) is 15.1. The second-order valence-electron chi connectivity index (χ2n) is 5.11. The van der Waals surface area contributed by atoms with Crippen LogP contribution in [0.3, 0.4) is 0 Å². The van der Waals surface area contributed by atoms with Crippen LogP contribution >= 0.6 is 0 Å². The monoisotopic (exact) mass is 277 g/mol. The third-order valence-electron chi connectivity index (χ3n) is 3.71. The molecule has 0 fully saturated rings. The van der Waals surface area contributed by atoms with Crippen molar-refractivity contribution in [2.45, 2.75) is 47.1 Å². The van der Waals surface area contributed by atoms with Gasteiger partial charge in [0.25, 0.3) is 0 Å². The van der Waals surface area contributed by atoms with E-state index in [0.717, 1.165) is 13.1 Å². The van der Waals surface area contributed by atoms with E-state index in [0.29, 0.717) is 13.0 Å². The van der Waals surface area contributed by atoms with Crippen molar-refractivity contribution in [2.75, 3.05) is 19.7 Å². The number of esters is 1. The highest BCUT2D eigenvalue weighted by Crippen LogP contribution is 2.28. The highest BCUT2D eigenvalue weighted by atomic mass is 16.5. The van der Waals surface area contributed by atoms with Gasteiger partial charge in [-0.3, -0.25) is 9.69 Å². The van der Waals surface area contributed by atoms with E-state index in [1.807, 2.05) is 6.92 Å². The largest absolute Gasteiger partial charge is 0.466 e. The number of ether oxygens (including phenoxy) is 1. The van der Waals surface area contributed by atoms with Crippen molar-refractivity contribution in [3.63, 3.8) is 0 Å². The van der Waals surface area contributed by atoms with Gasteiger partial charge in [0.05, 0.1) is 13.0 Å². The lowest BCUT2D eigenvalue weighted by Crippen LogP contribution is -2.31. The summed E-state index contributed by atoms with van der Waals surface area (Å²) in [7, 11) is 0. The fraction of sp³-hybridized carbons (Fsp3) is 0.588. The van der Waals surface area contributed by atoms with Gasteiger partial charge in [0, 0.05) is 6.04 Å². The molecule has 0 radical (unpaired) electrons. The zero-order valence-electron chi connectivity index (χ0n) is 13.4. The Kier molecular flexibility index (Phi) is 6.73. The molecule has 1 unspecified atom stereocenters. The van der Waals surface area contributed by atoms with Crippen LogP contribution in [0.4, 0.5) is 0 Å². The van der Waals surface area contributed by atoms with E-state index in [1.165, 1.54) is 16.7 Å². The fourth-order valence-electron chi connectivity index (χ4n) is 2.60. The van der Waals surface area contributed by atoms with Crippen LogP contribution < -0.4 is 0 Å². The normalized spacial score (nSPS) is 12.5. The smallest absolute Gasteiger partial charge is 0.307 e. The average Bonchev–Trinajstić information content (AvgIpc) is 2.42. The molecule has 0 aromatic heterocycles. The van der Waals surface area contributed by atoms with Gasteiger partial charge in [-0.1, -0.05) is 37.6 Å². The molecule has 0 spiro atoms. The van der Waals surface area contributed by atoms with E-state index in [2.05, 4.69) is 50.8 Å². The predicted octanol–water partition coefficient (Wildman–Crippen LogP) is 3.64. The third-order valence-corrected chi connectivity index (χ3v) is 3.71. The average molecular weight is 277 g/mol. The van der Waals surface area contributed by atoms with Crippen molar-refractivity contribution < 1.29 is 9.53 Å². The van der Waals surface area contributed by atoms with Gasteiger partial charge in [0.15, 0.2) is 0 Å².